The van der Waals surface area contributed by atoms with Crippen LogP contribution in [0.15, 0.2) is 161 Å². The van der Waals surface area contributed by atoms with Crippen molar-refractivity contribution in [2.24, 2.45) is 0 Å². The molecule has 7 aromatic rings. The molecule has 0 fully saturated rings. The fourth-order valence-corrected chi connectivity index (χ4v) is 9.48. The van der Waals surface area contributed by atoms with Crippen LogP contribution in [0.1, 0.15) is 0 Å². The fourth-order valence-electron chi connectivity index (χ4n) is 8.95. The van der Waals surface area contributed by atoms with E-state index in [4.69, 9.17) is 0 Å². The Morgan fingerprint density at radius 3 is 1.12 bits per heavy atom. The maximum Gasteiger partial charge on any atom is 0.252 e. The average molecular weight is 753 g/mol. The topological polar surface area (TPSA) is 9.72 Å². The molecule has 49 heavy (non-hydrogen) atoms. The van der Waals surface area contributed by atoms with Crippen molar-refractivity contribution < 1.29 is 0 Å². The van der Waals surface area contributed by atoms with Gasteiger partial charge in [0.15, 0.2) is 0 Å². The van der Waals surface area contributed by atoms with Crippen molar-refractivity contribution in [1.82, 2.24) is 0 Å². The molecule has 228 valence electrons. The molecule has 0 aliphatic carbocycles. The number of nitrogens with zero attached hydrogens (tertiary/aromatic N) is 3. The third-order valence-electron chi connectivity index (χ3n) is 10.8. The SMILES string of the molecule is Brc1ccc(N2c3ccccc3B3c4cccc5c4N(c4cccc2c43)c2cccc3c2B5c2ccccc2N3c2ccc(Br)cc2)cc1. The van der Waals surface area contributed by atoms with Crippen LogP contribution in [0.2, 0.25) is 0 Å². The number of hydrogen-bond donors (Lipinski definition) is 0. The van der Waals surface area contributed by atoms with Crippen LogP contribution in [0.25, 0.3) is 0 Å². The van der Waals surface area contributed by atoms with Crippen LogP contribution >= 0.6 is 31.9 Å². The van der Waals surface area contributed by atoms with Crippen molar-refractivity contribution in [2.45, 2.75) is 0 Å². The van der Waals surface area contributed by atoms with Gasteiger partial charge in [-0.25, -0.2) is 0 Å². The molecule has 0 bridgehead atoms. The molecule has 4 aliphatic rings. The van der Waals surface area contributed by atoms with Crippen molar-refractivity contribution in [3.05, 3.63) is 161 Å². The van der Waals surface area contributed by atoms with Gasteiger partial charge >= 0.3 is 0 Å². The zero-order valence-electron chi connectivity index (χ0n) is 26.2. The Labute approximate surface area is 302 Å². The molecule has 3 nitrogen and oxygen atoms in total. The first kappa shape index (κ1) is 27.9. The number of anilines is 9. The Kier molecular flexibility index (Phi) is 5.85. The van der Waals surface area contributed by atoms with Crippen molar-refractivity contribution in [2.75, 3.05) is 14.7 Å². The molecule has 4 heterocycles. The molecule has 7 heteroatoms. The summed E-state index contributed by atoms with van der Waals surface area (Å²) in [6.07, 6.45) is 0. The van der Waals surface area contributed by atoms with Crippen LogP contribution in [-0.2, 0) is 0 Å². The van der Waals surface area contributed by atoms with Crippen LogP contribution in [0.3, 0.4) is 0 Å². The number of halogens is 2. The van der Waals surface area contributed by atoms with Gasteiger partial charge in [0.1, 0.15) is 0 Å². The van der Waals surface area contributed by atoms with E-state index in [0.29, 0.717) is 0 Å². The molecule has 0 radical (unpaired) electrons. The smallest absolute Gasteiger partial charge is 0.252 e. The Morgan fingerprint density at radius 1 is 0.327 bits per heavy atom. The lowest BCUT2D eigenvalue weighted by Gasteiger charge is -2.49. The van der Waals surface area contributed by atoms with Gasteiger partial charge in [-0.15, -0.1) is 0 Å². The monoisotopic (exact) mass is 751 g/mol. The van der Waals surface area contributed by atoms with Crippen LogP contribution in [0, 0.1) is 0 Å². The summed E-state index contributed by atoms with van der Waals surface area (Å²) in [7, 11) is 0. The lowest BCUT2D eigenvalue weighted by Crippen LogP contribution is -2.68. The van der Waals surface area contributed by atoms with Gasteiger partial charge in [0, 0.05) is 60.1 Å². The van der Waals surface area contributed by atoms with Gasteiger partial charge in [-0.2, -0.15) is 0 Å². The normalized spacial score (nSPS) is 14.1. The standard InChI is InChI=1S/C42H25B2Br2N3/c45-26-18-22-28(23-19-26)47-34-12-3-1-8-30(34)43-32-10-5-11-33-42(32)49(38-16-6-14-36(47)40(38)43)39-17-7-15-37-41(39)44(33)31-9-2-4-13-35(31)48(37)29-24-20-27(46)21-25-29/h1-25H. The minimum Gasteiger partial charge on any atom is -0.312 e. The summed E-state index contributed by atoms with van der Waals surface area (Å²) in [4.78, 5) is 7.48. The Hall–Kier alpha value is -4.97. The predicted octanol–water partition coefficient (Wildman–Crippen LogP) is 7.91. The van der Waals surface area contributed by atoms with E-state index in [9.17, 15) is 0 Å². The molecule has 0 atom stereocenters. The van der Waals surface area contributed by atoms with E-state index >= 15 is 0 Å². The van der Waals surface area contributed by atoms with Crippen molar-refractivity contribution >= 4 is 129 Å². The van der Waals surface area contributed by atoms with Crippen molar-refractivity contribution in [1.29, 1.82) is 0 Å². The summed E-state index contributed by atoms with van der Waals surface area (Å²) in [6.45, 7) is 0.228. The Balaban J connectivity index is 1.22. The molecule has 0 saturated heterocycles. The first-order valence-corrected chi connectivity index (χ1v) is 18.2. The summed E-state index contributed by atoms with van der Waals surface area (Å²) >= 11 is 7.32. The Bertz CT molecular complexity index is 2350. The zero-order chi connectivity index (χ0) is 32.4. The second kappa shape index (κ2) is 10.3. The molecule has 0 N–H and O–H groups in total. The summed E-state index contributed by atoms with van der Waals surface area (Å²) in [5.41, 5.74) is 19.2. The highest BCUT2D eigenvalue weighted by Crippen LogP contribution is 2.47. The number of fused-ring (bicyclic) bond motifs is 8. The third kappa shape index (κ3) is 3.75. The van der Waals surface area contributed by atoms with E-state index in [0.717, 1.165) is 20.3 Å². The number of benzene rings is 7. The van der Waals surface area contributed by atoms with Crippen molar-refractivity contribution in [3.63, 3.8) is 0 Å². The van der Waals surface area contributed by atoms with Gasteiger partial charge in [-0.3, -0.25) is 0 Å². The lowest BCUT2D eigenvalue weighted by atomic mass is 9.29. The van der Waals surface area contributed by atoms with Crippen molar-refractivity contribution in [3.8, 4) is 0 Å². The highest BCUT2D eigenvalue weighted by molar-refractivity contribution is 9.10. The van der Waals surface area contributed by atoms with Crippen LogP contribution in [-0.4, -0.2) is 13.4 Å². The first-order chi connectivity index (χ1) is 24.2. The maximum absolute atomic E-state index is 3.66. The summed E-state index contributed by atoms with van der Waals surface area (Å²) in [6, 6.07) is 56.2. The lowest BCUT2D eigenvalue weighted by molar-refractivity contribution is 1.24. The fraction of sp³-hybridized carbons (Fsp3) is 0. The highest BCUT2D eigenvalue weighted by atomic mass is 79.9. The molecule has 0 spiro atoms. The summed E-state index contributed by atoms with van der Waals surface area (Å²) in [5, 5.41) is 0. The van der Waals surface area contributed by atoms with E-state index in [2.05, 4.69) is 198 Å². The minimum atomic E-state index is 0.114. The molecule has 0 amide bonds. The second-order valence-electron chi connectivity index (χ2n) is 13.1. The van der Waals surface area contributed by atoms with Crippen LogP contribution in [0.4, 0.5) is 51.2 Å². The molecule has 0 saturated carbocycles. The first-order valence-electron chi connectivity index (χ1n) is 16.7. The van der Waals surface area contributed by atoms with E-state index in [1.165, 1.54) is 72.6 Å². The maximum atomic E-state index is 3.66. The summed E-state index contributed by atoms with van der Waals surface area (Å²) in [5.74, 6) is 0. The zero-order valence-corrected chi connectivity index (χ0v) is 29.4. The van der Waals surface area contributed by atoms with Gasteiger partial charge in [0.2, 0.25) is 0 Å². The van der Waals surface area contributed by atoms with Gasteiger partial charge in [-0.05, 0) is 118 Å². The van der Waals surface area contributed by atoms with Gasteiger partial charge in [0.05, 0.1) is 0 Å². The van der Waals surface area contributed by atoms with E-state index in [-0.39, 0.29) is 13.4 Å². The molecular weight excluding hydrogens is 728 g/mol. The number of hydrogen-bond acceptors (Lipinski definition) is 3. The molecule has 4 aliphatic heterocycles. The molecule has 7 aromatic carbocycles. The molecule has 11 rings (SSSR count). The third-order valence-corrected chi connectivity index (χ3v) is 11.8. The van der Waals surface area contributed by atoms with Gasteiger partial charge in [0.25, 0.3) is 13.4 Å². The van der Waals surface area contributed by atoms with Gasteiger partial charge < -0.3 is 14.7 Å². The minimum absolute atomic E-state index is 0.114. The second-order valence-corrected chi connectivity index (χ2v) is 15.0. The predicted molar refractivity (Wildman–Crippen MR) is 215 cm³/mol. The molecular formula is C42H25B2Br2N3. The molecule has 0 unspecified atom stereocenters. The molecule has 0 aromatic heterocycles. The Morgan fingerprint density at radius 2 is 0.673 bits per heavy atom. The van der Waals surface area contributed by atoms with E-state index < -0.39 is 0 Å². The number of para-hydroxylation sites is 3. The van der Waals surface area contributed by atoms with Gasteiger partial charge in [-0.1, -0.05) is 98.6 Å². The highest BCUT2D eigenvalue weighted by Gasteiger charge is 2.49. The van der Waals surface area contributed by atoms with Crippen LogP contribution in [0.5, 0.6) is 0 Å². The summed E-state index contributed by atoms with van der Waals surface area (Å²) < 4.78 is 2.15. The van der Waals surface area contributed by atoms with E-state index in [1.54, 1.807) is 0 Å². The van der Waals surface area contributed by atoms with E-state index in [1.807, 2.05) is 0 Å². The average Bonchev–Trinajstić information content (AvgIpc) is 3.14. The quantitative estimate of drug-likeness (QED) is 0.166. The largest absolute Gasteiger partial charge is 0.312 e. The number of rotatable bonds is 2. The van der Waals surface area contributed by atoms with Crippen LogP contribution < -0.4 is 47.5 Å².